The summed E-state index contributed by atoms with van der Waals surface area (Å²) in [5.74, 6) is 0. The molecular weight excluding hydrogens is 232 g/mol. The molecule has 2 aromatic rings. The van der Waals surface area contributed by atoms with Crippen LogP contribution in [0.2, 0.25) is 5.02 Å². The van der Waals surface area contributed by atoms with E-state index in [1.807, 2.05) is 0 Å². The van der Waals surface area contributed by atoms with Crippen molar-refractivity contribution in [2.45, 2.75) is 19.9 Å². The summed E-state index contributed by atoms with van der Waals surface area (Å²) in [6.45, 7) is 4.20. The van der Waals surface area contributed by atoms with Gasteiger partial charge in [0.05, 0.1) is 16.9 Å². The molecule has 0 fully saturated rings. The first kappa shape index (κ1) is 11.9. The van der Waals surface area contributed by atoms with Crippen LogP contribution in [0.25, 0.3) is 0 Å². The van der Waals surface area contributed by atoms with Gasteiger partial charge in [-0.2, -0.15) is 0 Å². The minimum absolute atomic E-state index is 0.205. The predicted molar refractivity (Wildman–Crippen MR) is 72.5 cm³/mol. The normalized spacial score (nSPS) is 12.2. The van der Waals surface area contributed by atoms with Gasteiger partial charge in [-0.15, -0.1) is 0 Å². The van der Waals surface area contributed by atoms with E-state index in [-0.39, 0.29) is 6.04 Å². The Morgan fingerprint density at radius 3 is 2.82 bits per heavy atom. The molecule has 0 aliphatic carbocycles. The van der Waals surface area contributed by atoms with Gasteiger partial charge in [0.15, 0.2) is 0 Å². The molecule has 88 valence electrons. The molecule has 0 spiro atoms. The van der Waals surface area contributed by atoms with Crippen molar-refractivity contribution in [3.63, 3.8) is 0 Å². The SMILES string of the molecule is Cc1cccc(C(C)Nc2cnccc2Cl)c1. The molecule has 2 rings (SSSR count). The van der Waals surface area contributed by atoms with E-state index in [1.54, 1.807) is 18.5 Å². The highest BCUT2D eigenvalue weighted by molar-refractivity contribution is 6.33. The Morgan fingerprint density at radius 2 is 2.12 bits per heavy atom. The lowest BCUT2D eigenvalue weighted by molar-refractivity contribution is 0.881. The molecule has 3 heteroatoms. The number of aromatic nitrogens is 1. The maximum atomic E-state index is 6.08. The van der Waals surface area contributed by atoms with Crippen LogP contribution in [-0.4, -0.2) is 4.98 Å². The fourth-order valence-electron chi connectivity index (χ4n) is 1.74. The van der Waals surface area contributed by atoms with Gasteiger partial charge in [0.25, 0.3) is 0 Å². The fourth-order valence-corrected chi connectivity index (χ4v) is 1.90. The Kier molecular flexibility index (Phi) is 3.64. The third-order valence-corrected chi connectivity index (χ3v) is 3.01. The molecule has 1 aromatic heterocycles. The van der Waals surface area contributed by atoms with E-state index >= 15 is 0 Å². The van der Waals surface area contributed by atoms with Crippen molar-refractivity contribution >= 4 is 17.3 Å². The first-order valence-electron chi connectivity index (χ1n) is 5.59. The number of hydrogen-bond acceptors (Lipinski definition) is 2. The van der Waals surface area contributed by atoms with Crippen molar-refractivity contribution in [2.24, 2.45) is 0 Å². The number of nitrogens with zero attached hydrogens (tertiary/aromatic N) is 1. The summed E-state index contributed by atoms with van der Waals surface area (Å²) in [5.41, 5.74) is 3.36. The third-order valence-electron chi connectivity index (χ3n) is 2.68. The van der Waals surface area contributed by atoms with Crippen LogP contribution in [0.1, 0.15) is 24.1 Å². The second-order valence-corrected chi connectivity index (χ2v) is 4.54. The zero-order valence-electron chi connectivity index (χ0n) is 9.94. The number of halogens is 1. The summed E-state index contributed by atoms with van der Waals surface area (Å²) in [6, 6.07) is 10.4. The van der Waals surface area contributed by atoms with E-state index in [1.165, 1.54) is 11.1 Å². The minimum atomic E-state index is 0.205. The molecule has 17 heavy (non-hydrogen) atoms. The van der Waals surface area contributed by atoms with Crippen molar-refractivity contribution in [2.75, 3.05) is 5.32 Å². The van der Waals surface area contributed by atoms with Crippen LogP contribution in [0.15, 0.2) is 42.7 Å². The molecular formula is C14H15ClN2. The summed E-state index contributed by atoms with van der Waals surface area (Å²) in [7, 11) is 0. The lowest BCUT2D eigenvalue weighted by atomic mass is 10.1. The van der Waals surface area contributed by atoms with Gasteiger partial charge in [-0.25, -0.2) is 0 Å². The van der Waals surface area contributed by atoms with E-state index in [2.05, 4.69) is 48.4 Å². The summed E-state index contributed by atoms with van der Waals surface area (Å²) < 4.78 is 0. The minimum Gasteiger partial charge on any atom is -0.376 e. The zero-order chi connectivity index (χ0) is 12.3. The second-order valence-electron chi connectivity index (χ2n) is 4.14. The van der Waals surface area contributed by atoms with Crippen molar-refractivity contribution in [1.82, 2.24) is 4.98 Å². The average Bonchev–Trinajstić information content (AvgIpc) is 2.32. The van der Waals surface area contributed by atoms with Crippen LogP contribution in [-0.2, 0) is 0 Å². The Bertz CT molecular complexity index is 511. The Hall–Kier alpha value is -1.54. The van der Waals surface area contributed by atoms with Gasteiger partial charge < -0.3 is 5.32 Å². The Labute approximate surface area is 107 Å². The van der Waals surface area contributed by atoms with E-state index < -0.39 is 0 Å². The smallest absolute Gasteiger partial charge is 0.0720 e. The highest BCUT2D eigenvalue weighted by atomic mass is 35.5. The zero-order valence-corrected chi connectivity index (χ0v) is 10.7. The summed E-state index contributed by atoms with van der Waals surface area (Å²) >= 11 is 6.08. The molecule has 0 radical (unpaired) electrons. The molecule has 1 atom stereocenters. The predicted octanol–water partition coefficient (Wildman–Crippen LogP) is 4.22. The van der Waals surface area contributed by atoms with Gasteiger partial charge in [0.2, 0.25) is 0 Å². The molecule has 0 amide bonds. The topological polar surface area (TPSA) is 24.9 Å². The van der Waals surface area contributed by atoms with Crippen molar-refractivity contribution < 1.29 is 0 Å². The number of aryl methyl sites for hydroxylation is 1. The molecule has 1 aromatic carbocycles. The number of rotatable bonds is 3. The lowest BCUT2D eigenvalue weighted by Crippen LogP contribution is -2.07. The Balaban J connectivity index is 2.17. The first-order chi connectivity index (χ1) is 8.16. The number of benzene rings is 1. The standard InChI is InChI=1S/C14H15ClN2/c1-10-4-3-5-12(8-10)11(2)17-14-9-16-7-6-13(14)15/h3-9,11,17H,1-2H3. The number of pyridine rings is 1. The first-order valence-corrected chi connectivity index (χ1v) is 5.97. The molecule has 0 saturated heterocycles. The maximum absolute atomic E-state index is 6.08. The van der Waals surface area contributed by atoms with Crippen LogP contribution < -0.4 is 5.32 Å². The molecule has 2 nitrogen and oxygen atoms in total. The Morgan fingerprint density at radius 1 is 1.29 bits per heavy atom. The highest BCUT2D eigenvalue weighted by Gasteiger charge is 2.07. The largest absolute Gasteiger partial charge is 0.376 e. The number of anilines is 1. The van der Waals surface area contributed by atoms with E-state index in [4.69, 9.17) is 11.6 Å². The van der Waals surface area contributed by atoms with Gasteiger partial charge in [0.1, 0.15) is 0 Å². The molecule has 1 unspecified atom stereocenters. The van der Waals surface area contributed by atoms with Crippen molar-refractivity contribution in [3.8, 4) is 0 Å². The second kappa shape index (κ2) is 5.19. The molecule has 0 saturated carbocycles. The fraction of sp³-hybridized carbons (Fsp3) is 0.214. The number of nitrogens with one attached hydrogen (secondary N) is 1. The van der Waals surface area contributed by atoms with Gasteiger partial charge in [-0.3, -0.25) is 4.98 Å². The van der Waals surface area contributed by atoms with E-state index in [9.17, 15) is 0 Å². The van der Waals surface area contributed by atoms with Gasteiger partial charge in [0, 0.05) is 12.2 Å². The van der Waals surface area contributed by atoms with Gasteiger partial charge in [-0.05, 0) is 25.5 Å². The summed E-state index contributed by atoms with van der Waals surface area (Å²) in [5, 5.41) is 4.05. The molecule has 1 heterocycles. The van der Waals surface area contributed by atoms with Crippen molar-refractivity contribution in [1.29, 1.82) is 0 Å². The van der Waals surface area contributed by atoms with Gasteiger partial charge in [-0.1, -0.05) is 41.4 Å². The van der Waals surface area contributed by atoms with Crippen LogP contribution >= 0.6 is 11.6 Å². The van der Waals surface area contributed by atoms with Crippen LogP contribution in [0.3, 0.4) is 0 Å². The van der Waals surface area contributed by atoms with Crippen LogP contribution in [0.4, 0.5) is 5.69 Å². The van der Waals surface area contributed by atoms with E-state index in [0.29, 0.717) is 5.02 Å². The summed E-state index contributed by atoms with van der Waals surface area (Å²) in [6.07, 6.45) is 3.43. The third kappa shape index (κ3) is 2.98. The van der Waals surface area contributed by atoms with Crippen LogP contribution in [0.5, 0.6) is 0 Å². The lowest BCUT2D eigenvalue weighted by Gasteiger charge is -2.16. The van der Waals surface area contributed by atoms with Gasteiger partial charge >= 0.3 is 0 Å². The molecule has 0 aliphatic heterocycles. The van der Waals surface area contributed by atoms with Crippen LogP contribution in [0, 0.1) is 6.92 Å². The molecule has 0 bridgehead atoms. The van der Waals surface area contributed by atoms with E-state index in [0.717, 1.165) is 5.69 Å². The quantitative estimate of drug-likeness (QED) is 0.877. The highest BCUT2D eigenvalue weighted by Crippen LogP contribution is 2.25. The molecule has 1 N–H and O–H groups in total. The maximum Gasteiger partial charge on any atom is 0.0720 e. The average molecular weight is 247 g/mol. The monoisotopic (exact) mass is 246 g/mol. The summed E-state index contributed by atoms with van der Waals surface area (Å²) in [4.78, 5) is 4.06. The number of hydrogen-bond donors (Lipinski definition) is 1. The van der Waals surface area contributed by atoms with Crippen molar-refractivity contribution in [3.05, 3.63) is 58.9 Å². The molecule has 0 aliphatic rings.